The van der Waals surface area contributed by atoms with Crippen LogP contribution in [0.5, 0.6) is 23.0 Å². The molecular formula is C30H36N2O6. The first-order valence-electron chi connectivity index (χ1n) is 12.6. The second-order valence-electron chi connectivity index (χ2n) is 9.31. The first-order valence-corrected chi connectivity index (χ1v) is 12.6. The third-order valence-electron chi connectivity index (χ3n) is 7.18. The molecule has 1 N–H and O–H groups in total. The molecule has 3 aromatic rings. The van der Waals surface area contributed by atoms with Crippen molar-refractivity contribution in [3.63, 3.8) is 0 Å². The molecule has 1 amide bonds. The normalized spacial score (nSPS) is 15.9. The molecule has 8 heteroatoms. The molecule has 2 atom stereocenters. The number of nitrogens with zero attached hydrogens (tertiary/aromatic N) is 2. The number of carbonyl (C=O) groups excluding carboxylic acids is 1. The predicted molar refractivity (Wildman–Crippen MR) is 148 cm³/mol. The molecule has 0 spiro atoms. The van der Waals surface area contributed by atoms with Gasteiger partial charge in [-0.15, -0.1) is 0 Å². The summed E-state index contributed by atoms with van der Waals surface area (Å²) < 4.78 is 21.5. The van der Waals surface area contributed by atoms with Crippen LogP contribution in [0.2, 0.25) is 0 Å². The van der Waals surface area contributed by atoms with Crippen LogP contribution in [-0.2, 0) is 4.79 Å². The van der Waals surface area contributed by atoms with Crippen molar-refractivity contribution in [2.75, 3.05) is 54.6 Å². The van der Waals surface area contributed by atoms with E-state index in [-0.39, 0.29) is 11.9 Å². The Morgan fingerprint density at radius 1 is 0.842 bits per heavy atom. The van der Waals surface area contributed by atoms with Gasteiger partial charge < -0.3 is 29.0 Å². The van der Waals surface area contributed by atoms with Crippen LogP contribution in [0.3, 0.4) is 0 Å². The highest BCUT2D eigenvalue weighted by molar-refractivity contribution is 5.92. The summed E-state index contributed by atoms with van der Waals surface area (Å²) >= 11 is 0. The molecule has 0 saturated carbocycles. The first-order chi connectivity index (χ1) is 18.4. The van der Waals surface area contributed by atoms with Crippen molar-refractivity contribution >= 4 is 22.8 Å². The van der Waals surface area contributed by atoms with Gasteiger partial charge >= 0.3 is 0 Å². The van der Waals surface area contributed by atoms with E-state index in [0.29, 0.717) is 43.4 Å². The van der Waals surface area contributed by atoms with E-state index in [1.807, 2.05) is 48.2 Å². The lowest BCUT2D eigenvalue weighted by atomic mass is 9.98. The van der Waals surface area contributed by atoms with Crippen LogP contribution in [0, 0.1) is 0 Å². The smallest absolute Gasteiger partial charge is 0.246 e. The van der Waals surface area contributed by atoms with Gasteiger partial charge in [0, 0.05) is 38.3 Å². The summed E-state index contributed by atoms with van der Waals surface area (Å²) in [5.74, 6) is 2.33. The van der Waals surface area contributed by atoms with Gasteiger partial charge in [0.05, 0.1) is 34.5 Å². The maximum Gasteiger partial charge on any atom is 0.246 e. The van der Waals surface area contributed by atoms with Gasteiger partial charge in [0.2, 0.25) is 11.7 Å². The number of piperazine rings is 1. The third kappa shape index (κ3) is 5.87. The summed E-state index contributed by atoms with van der Waals surface area (Å²) in [6.07, 6.45) is 2.68. The Kier molecular flexibility index (Phi) is 8.76. The van der Waals surface area contributed by atoms with E-state index in [1.165, 1.54) is 0 Å². The lowest BCUT2D eigenvalue weighted by molar-refractivity contribution is -0.128. The Morgan fingerprint density at radius 3 is 2.08 bits per heavy atom. The second kappa shape index (κ2) is 12.2. The number of carbonyl (C=O) groups is 1. The molecular weight excluding hydrogens is 484 g/mol. The van der Waals surface area contributed by atoms with Gasteiger partial charge in [0.25, 0.3) is 0 Å². The quantitative estimate of drug-likeness (QED) is 0.425. The fourth-order valence-electron chi connectivity index (χ4n) is 4.85. The lowest BCUT2D eigenvalue weighted by Crippen LogP contribution is -2.52. The summed E-state index contributed by atoms with van der Waals surface area (Å²) in [7, 11) is 6.33. The average Bonchev–Trinajstić information content (AvgIpc) is 2.97. The standard InChI is InChI=1S/C30H36N2O6/c1-20(29(34)24-8-7-23-19-25(35-2)10-9-22(23)18-24)31-12-14-32(15-13-31)28(33)11-6-21-16-26(36-3)30(38-5)27(17-21)37-4/h6-11,16-20,29,34H,12-15H2,1-5H3/b11-6+. The van der Waals surface area contributed by atoms with Crippen LogP contribution in [0.1, 0.15) is 24.2 Å². The second-order valence-corrected chi connectivity index (χ2v) is 9.31. The van der Waals surface area contributed by atoms with Crippen molar-refractivity contribution in [1.29, 1.82) is 0 Å². The monoisotopic (exact) mass is 520 g/mol. The number of aliphatic hydroxyl groups excluding tert-OH is 1. The van der Waals surface area contributed by atoms with E-state index >= 15 is 0 Å². The maximum absolute atomic E-state index is 12.9. The SMILES string of the molecule is COc1ccc2cc(C(O)C(C)N3CCN(C(=O)/C=C/c4cc(OC)c(OC)c(OC)c4)CC3)ccc2c1. The van der Waals surface area contributed by atoms with Crippen molar-refractivity contribution in [1.82, 2.24) is 9.80 Å². The van der Waals surface area contributed by atoms with E-state index in [9.17, 15) is 9.90 Å². The molecule has 38 heavy (non-hydrogen) atoms. The number of hydrogen-bond donors (Lipinski definition) is 1. The molecule has 8 nitrogen and oxygen atoms in total. The first kappa shape index (κ1) is 27.3. The Hall–Kier alpha value is -3.75. The van der Waals surface area contributed by atoms with Gasteiger partial charge in [-0.3, -0.25) is 9.69 Å². The fraction of sp³-hybridized carbons (Fsp3) is 0.367. The molecule has 1 fully saturated rings. The molecule has 0 aromatic heterocycles. The highest BCUT2D eigenvalue weighted by atomic mass is 16.5. The van der Waals surface area contributed by atoms with Crippen LogP contribution < -0.4 is 18.9 Å². The summed E-state index contributed by atoms with van der Waals surface area (Å²) in [5, 5.41) is 13.3. The van der Waals surface area contributed by atoms with Gasteiger partial charge in [-0.05, 0) is 65.2 Å². The zero-order chi connectivity index (χ0) is 27.2. The highest BCUT2D eigenvalue weighted by Crippen LogP contribution is 2.38. The third-order valence-corrected chi connectivity index (χ3v) is 7.18. The highest BCUT2D eigenvalue weighted by Gasteiger charge is 2.28. The van der Waals surface area contributed by atoms with Crippen LogP contribution in [0.4, 0.5) is 0 Å². The minimum atomic E-state index is -0.635. The minimum absolute atomic E-state index is 0.0587. The van der Waals surface area contributed by atoms with Gasteiger partial charge in [0.15, 0.2) is 11.5 Å². The number of benzene rings is 3. The van der Waals surface area contributed by atoms with Crippen molar-refractivity contribution < 1.29 is 28.8 Å². The van der Waals surface area contributed by atoms with Gasteiger partial charge in [0.1, 0.15) is 5.75 Å². The van der Waals surface area contributed by atoms with Crippen molar-refractivity contribution in [3.05, 3.63) is 65.7 Å². The van der Waals surface area contributed by atoms with Gasteiger partial charge in [-0.2, -0.15) is 0 Å². The average molecular weight is 521 g/mol. The Balaban J connectivity index is 1.36. The Morgan fingerprint density at radius 2 is 1.47 bits per heavy atom. The summed E-state index contributed by atoms with van der Waals surface area (Å²) in [6.45, 7) is 4.59. The van der Waals surface area contributed by atoms with Crippen LogP contribution in [0.15, 0.2) is 54.6 Å². The molecule has 4 rings (SSSR count). The van der Waals surface area contributed by atoms with E-state index in [2.05, 4.69) is 4.90 Å². The molecule has 202 valence electrons. The number of methoxy groups -OCH3 is 4. The summed E-state index contributed by atoms with van der Waals surface area (Å²) in [4.78, 5) is 16.9. The number of aliphatic hydroxyl groups is 1. The molecule has 2 unspecified atom stereocenters. The largest absolute Gasteiger partial charge is 0.497 e. The van der Waals surface area contributed by atoms with Crippen molar-refractivity contribution in [2.24, 2.45) is 0 Å². The van der Waals surface area contributed by atoms with E-state index in [0.717, 1.165) is 27.6 Å². The number of amides is 1. The summed E-state index contributed by atoms with van der Waals surface area (Å²) in [6, 6.07) is 15.4. The Bertz CT molecular complexity index is 1270. The molecule has 1 saturated heterocycles. The molecule has 3 aromatic carbocycles. The molecule has 1 aliphatic rings. The van der Waals surface area contributed by atoms with Gasteiger partial charge in [-0.25, -0.2) is 0 Å². The van der Waals surface area contributed by atoms with Crippen LogP contribution in [0.25, 0.3) is 16.8 Å². The zero-order valence-electron chi connectivity index (χ0n) is 22.6. The molecule has 1 heterocycles. The van der Waals surface area contributed by atoms with Crippen LogP contribution in [-0.4, -0.2) is 81.5 Å². The molecule has 1 aliphatic heterocycles. The zero-order valence-corrected chi connectivity index (χ0v) is 22.6. The van der Waals surface area contributed by atoms with Crippen molar-refractivity contribution in [2.45, 2.75) is 19.1 Å². The topological polar surface area (TPSA) is 80.7 Å². The molecule has 0 radical (unpaired) electrons. The molecule has 0 bridgehead atoms. The number of fused-ring (bicyclic) bond motifs is 1. The Labute approximate surface area is 224 Å². The fourth-order valence-corrected chi connectivity index (χ4v) is 4.85. The minimum Gasteiger partial charge on any atom is -0.497 e. The van der Waals surface area contributed by atoms with E-state index in [1.54, 1.807) is 52.7 Å². The maximum atomic E-state index is 12.9. The van der Waals surface area contributed by atoms with E-state index in [4.69, 9.17) is 18.9 Å². The van der Waals surface area contributed by atoms with E-state index < -0.39 is 6.10 Å². The number of rotatable bonds is 9. The lowest BCUT2D eigenvalue weighted by Gasteiger charge is -2.39. The number of hydrogen-bond acceptors (Lipinski definition) is 7. The predicted octanol–water partition coefficient (Wildman–Crippen LogP) is 4.15. The molecule has 0 aliphatic carbocycles. The van der Waals surface area contributed by atoms with Crippen LogP contribution >= 0.6 is 0 Å². The van der Waals surface area contributed by atoms with Gasteiger partial charge in [-0.1, -0.05) is 18.2 Å². The number of ether oxygens (including phenoxy) is 4. The van der Waals surface area contributed by atoms with Crippen molar-refractivity contribution in [3.8, 4) is 23.0 Å². The summed E-state index contributed by atoms with van der Waals surface area (Å²) in [5.41, 5.74) is 1.65.